The topological polar surface area (TPSA) is 75.6 Å². The van der Waals surface area contributed by atoms with Crippen molar-refractivity contribution in [1.82, 2.24) is 9.88 Å². The van der Waals surface area contributed by atoms with Crippen molar-refractivity contribution in [1.29, 1.82) is 0 Å². The minimum Gasteiger partial charge on any atom is -0.454 e. The first-order valence-corrected chi connectivity index (χ1v) is 11.0. The Labute approximate surface area is 170 Å². The average molecular weight is 401 g/mol. The van der Waals surface area contributed by atoms with Gasteiger partial charge in [-0.1, -0.05) is 31.0 Å². The second-order valence-electron chi connectivity index (χ2n) is 7.60. The van der Waals surface area contributed by atoms with Crippen LogP contribution in [-0.4, -0.2) is 47.2 Å². The van der Waals surface area contributed by atoms with E-state index in [9.17, 15) is 4.79 Å². The van der Waals surface area contributed by atoms with Crippen LogP contribution in [0.4, 0.5) is 5.82 Å². The molecule has 4 rings (SSSR count). The number of nitrogens with two attached hydrogens (primary N) is 1. The number of thioether (sulfide) groups is 1. The Bertz CT molecular complexity index is 795. The van der Waals surface area contributed by atoms with Crippen molar-refractivity contribution in [3.8, 4) is 0 Å². The Balaban J connectivity index is 1.30. The van der Waals surface area contributed by atoms with Crippen molar-refractivity contribution in [3.63, 3.8) is 0 Å². The molecule has 3 heterocycles. The highest BCUT2D eigenvalue weighted by Gasteiger charge is 2.23. The molecule has 0 radical (unpaired) electrons. The lowest BCUT2D eigenvalue weighted by Crippen LogP contribution is -2.46. The van der Waals surface area contributed by atoms with E-state index in [0.717, 1.165) is 43.6 Å². The van der Waals surface area contributed by atoms with Gasteiger partial charge < -0.3 is 15.1 Å². The molecule has 6 nitrogen and oxygen atoms in total. The highest BCUT2D eigenvalue weighted by atomic mass is 32.2. The summed E-state index contributed by atoms with van der Waals surface area (Å²) in [4.78, 5) is 20.6. The van der Waals surface area contributed by atoms with E-state index >= 15 is 0 Å². The minimum absolute atomic E-state index is 0.427. The number of carbonyl (C=O) groups is 1. The summed E-state index contributed by atoms with van der Waals surface area (Å²) in [5, 5.41) is 1.77. The molecule has 0 aromatic carbocycles. The van der Waals surface area contributed by atoms with E-state index < -0.39 is 5.91 Å². The van der Waals surface area contributed by atoms with Crippen molar-refractivity contribution >= 4 is 23.5 Å². The molecule has 2 aromatic rings. The van der Waals surface area contributed by atoms with Crippen LogP contribution in [0.3, 0.4) is 0 Å². The molecule has 150 valence electrons. The molecule has 0 bridgehead atoms. The number of carbonyl (C=O) groups excluding carboxylic acids is 1. The van der Waals surface area contributed by atoms with Gasteiger partial charge in [-0.3, -0.25) is 9.69 Å². The molecule has 1 aliphatic carbocycles. The minimum atomic E-state index is -0.427. The Hall–Kier alpha value is -1.99. The van der Waals surface area contributed by atoms with Crippen LogP contribution in [0.5, 0.6) is 0 Å². The number of anilines is 1. The number of hydrogen-bond acceptors (Lipinski definition) is 6. The molecular weight excluding hydrogens is 372 g/mol. The van der Waals surface area contributed by atoms with E-state index in [1.54, 1.807) is 18.3 Å². The van der Waals surface area contributed by atoms with Gasteiger partial charge in [-0.25, -0.2) is 4.98 Å². The number of amides is 1. The summed E-state index contributed by atoms with van der Waals surface area (Å²) < 4.78 is 6.09. The maximum absolute atomic E-state index is 11.6. The zero-order valence-corrected chi connectivity index (χ0v) is 17.0. The van der Waals surface area contributed by atoms with Crippen molar-refractivity contribution in [3.05, 3.63) is 41.8 Å². The predicted molar refractivity (Wildman–Crippen MR) is 112 cm³/mol. The van der Waals surface area contributed by atoms with Crippen molar-refractivity contribution in [2.24, 2.45) is 5.73 Å². The lowest BCUT2D eigenvalue weighted by atomic mass is 10.0. The third kappa shape index (κ3) is 4.70. The quantitative estimate of drug-likeness (QED) is 0.800. The molecule has 1 saturated heterocycles. The fourth-order valence-corrected chi connectivity index (χ4v) is 5.23. The predicted octanol–water partition coefficient (Wildman–Crippen LogP) is 3.52. The monoisotopic (exact) mass is 400 g/mol. The van der Waals surface area contributed by atoms with Gasteiger partial charge in [0.25, 0.3) is 5.91 Å². The number of primary amides is 1. The van der Waals surface area contributed by atoms with E-state index in [-0.39, 0.29) is 0 Å². The van der Waals surface area contributed by atoms with Crippen LogP contribution in [0.1, 0.15) is 48.2 Å². The van der Waals surface area contributed by atoms with Crippen LogP contribution in [0, 0.1) is 0 Å². The number of furan rings is 1. The Morgan fingerprint density at radius 3 is 2.68 bits per heavy atom. The van der Waals surface area contributed by atoms with Gasteiger partial charge in [0.15, 0.2) is 5.09 Å². The molecule has 0 unspecified atom stereocenters. The van der Waals surface area contributed by atoms with Gasteiger partial charge >= 0.3 is 0 Å². The Kier molecular flexibility index (Phi) is 6.22. The molecule has 0 spiro atoms. The maximum atomic E-state index is 11.6. The normalized spacial score (nSPS) is 19.1. The third-order valence-corrected chi connectivity index (χ3v) is 6.83. The second-order valence-corrected chi connectivity index (χ2v) is 8.91. The van der Waals surface area contributed by atoms with Gasteiger partial charge in [-0.2, -0.15) is 0 Å². The van der Waals surface area contributed by atoms with E-state index in [0.29, 0.717) is 16.6 Å². The van der Waals surface area contributed by atoms with Crippen LogP contribution in [-0.2, 0) is 6.54 Å². The third-order valence-electron chi connectivity index (χ3n) is 5.58. The summed E-state index contributed by atoms with van der Waals surface area (Å²) in [6.45, 7) is 4.27. The zero-order valence-electron chi connectivity index (χ0n) is 16.2. The Morgan fingerprint density at radius 1 is 1.14 bits per heavy atom. The van der Waals surface area contributed by atoms with Crippen LogP contribution in [0.2, 0.25) is 0 Å². The Morgan fingerprint density at radius 2 is 1.93 bits per heavy atom. The van der Waals surface area contributed by atoms with Crippen LogP contribution in [0.15, 0.2) is 40.0 Å². The summed E-state index contributed by atoms with van der Waals surface area (Å²) in [7, 11) is 0. The standard InChI is InChI=1S/C21H28N4O2S/c22-20(26)18-7-4-10-23-21(18)25-13-11-24(12-14-25)15-16-8-9-19(27-16)28-17-5-2-1-3-6-17/h4,7-10,17H,1-3,5-6,11-15H2,(H2,22,26). The molecule has 0 atom stereocenters. The van der Waals surface area contributed by atoms with Crippen molar-refractivity contribution in [2.45, 2.75) is 49.0 Å². The number of nitrogens with zero attached hydrogens (tertiary/aromatic N) is 3. The van der Waals surface area contributed by atoms with Gasteiger partial charge in [0, 0.05) is 37.6 Å². The SMILES string of the molecule is NC(=O)c1cccnc1N1CCN(Cc2ccc(SC3CCCCC3)o2)CC1. The van der Waals surface area contributed by atoms with Crippen LogP contribution >= 0.6 is 11.8 Å². The number of hydrogen-bond donors (Lipinski definition) is 1. The fourth-order valence-electron chi connectivity index (χ4n) is 4.03. The largest absolute Gasteiger partial charge is 0.454 e. The maximum Gasteiger partial charge on any atom is 0.252 e. The molecule has 1 aliphatic heterocycles. The summed E-state index contributed by atoms with van der Waals surface area (Å²) in [6, 6.07) is 7.73. The summed E-state index contributed by atoms with van der Waals surface area (Å²) in [5.41, 5.74) is 5.98. The highest BCUT2D eigenvalue weighted by Crippen LogP contribution is 2.34. The van der Waals surface area contributed by atoms with Gasteiger partial charge in [0.2, 0.25) is 0 Å². The molecule has 1 amide bonds. The zero-order chi connectivity index (χ0) is 19.3. The summed E-state index contributed by atoms with van der Waals surface area (Å²) in [6.07, 6.45) is 8.41. The molecule has 2 aromatic heterocycles. The number of rotatable bonds is 6. The van der Waals surface area contributed by atoms with Crippen molar-refractivity contribution in [2.75, 3.05) is 31.1 Å². The molecule has 7 heteroatoms. The number of piperazine rings is 1. The number of pyridine rings is 1. The van der Waals surface area contributed by atoms with Crippen LogP contribution in [0.25, 0.3) is 0 Å². The summed E-state index contributed by atoms with van der Waals surface area (Å²) in [5.74, 6) is 1.30. The average Bonchev–Trinajstić information content (AvgIpc) is 3.16. The molecular formula is C21H28N4O2S. The number of aromatic nitrogens is 1. The second kappa shape index (κ2) is 9.01. The molecule has 28 heavy (non-hydrogen) atoms. The lowest BCUT2D eigenvalue weighted by Gasteiger charge is -2.35. The van der Waals surface area contributed by atoms with E-state index in [4.69, 9.17) is 10.2 Å². The van der Waals surface area contributed by atoms with E-state index in [1.165, 1.54) is 32.1 Å². The first-order valence-electron chi connectivity index (χ1n) is 10.2. The van der Waals surface area contributed by atoms with Gasteiger partial charge in [-0.05, 0) is 37.1 Å². The fraction of sp³-hybridized carbons (Fsp3) is 0.524. The first kappa shape index (κ1) is 19.3. The van der Waals surface area contributed by atoms with Crippen molar-refractivity contribution < 1.29 is 9.21 Å². The first-order chi connectivity index (χ1) is 13.7. The van der Waals surface area contributed by atoms with Gasteiger partial charge in [0.05, 0.1) is 12.1 Å². The van der Waals surface area contributed by atoms with Gasteiger partial charge in [-0.15, -0.1) is 0 Å². The molecule has 1 saturated carbocycles. The molecule has 2 N–H and O–H groups in total. The molecule has 2 fully saturated rings. The molecule has 2 aliphatic rings. The lowest BCUT2D eigenvalue weighted by molar-refractivity contribution is 0.1000. The van der Waals surface area contributed by atoms with Gasteiger partial charge in [0.1, 0.15) is 11.6 Å². The van der Waals surface area contributed by atoms with Crippen LogP contribution < -0.4 is 10.6 Å². The highest BCUT2D eigenvalue weighted by molar-refractivity contribution is 7.99. The summed E-state index contributed by atoms with van der Waals surface area (Å²) >= 11 is 1.90. The smallest absolute Gasteiger partial charge is 0.252 e. The van der Waals surface area contributed by atoms with E-state index in [1.807, 2.05) is 11.8 Å². The van der Waals surface area contributed by atoms with E-state index in [2.05, 4.69) is 26.9 Å².